The van der Waals surface area contributed by atoms with Gasteiger partial charge in [0, 0.05) is 18.4 Å². The predicted molar refractivity (Wildman–Crippen MR) is 104 cm³/mol. The van der Waals surface area contributed by atoms with Crippen LogP contribution in [0, 0.1) is 23.2 Å². The highest BCUT2D eigenvalue weighted by molar-refractivity contribution is 5.72. The normalized spacial score (nSPS) is 24.2. The van der Waals surface area contributed by atoms with Gasteiger partial charge in [0.05, 0.1) is 30.7 Å². The highest BCUT2D eigenvalue weighted by atomic mass is 16.5. The molecule has 0 aliphatic heterocycles. The highest BCUT2D eigenvalue weighted by Gasteiger charge is 2.28. The van der Waals surface area contributed by atoms with Crippen molar-refractivity contribution in [3.8, 4) is 11.8 Å². The predicted octanol–water partition coefficient (Wildman–Crippen LogP) is 3.17. The number of ether oxygens (including phenoxy) is 1. The molecule has 0 amide bonds. The van der Waals surface area contributed by atoms with E-state index < -0.39 is 0 Å². The molecule has 146 valence electrons. The van der Waals surface area contributed by atoms with Crippen molar-refractivity contribution in [2.45, 2.75) is 51.0 Å². The maximum atomic E-state index is 13.0. The summed E-state index contributed by atoms with van der Waals surface area (Å²) in [5.74, 6) is -0.0877. The number of rotatable bonds is 3. The van der Waals surface area contributed by atoms with Crippen molar-refractivity contribution in [3.63, 3.8) is 0 Å². The second kappa shape index (κ2) is 7.67. The maximum absolute atomic E-state index is 13.0. The van der Waals surface area contributed by atoms with Crippen LogP contribution in [0.15, 0.2) is 35.4 Å². The number of nitriles is 1. The first-order chi connectivity index (χ1) is 13.6. The zero-order valence-electron chi connectivity index (χ0n) is 16.1. The number of hydrogen-bond acceptors (Lipinski definition) is 4. The van der Waals surface area contributed by atoms with Gasteiger partial charge in [-0.1, -0.05) is 6.07 Å². The number of hydrogen-bond donors (Lipinski definition) is 0. The van der Waals surface area contributed by atoms with Crippen LogP contribution in [0.3, 0.4) is 0 Å². The molecule has 1 saturated carbocycles. The molecule has 1 atom stereocenters. The Bertz CT molecular complexity index is 974. The van der Waals surface area contributed by atoms with E-state index in [0.29, 0.717) is 0 Å². The van der Waals surface area contributed by atoms with Gasteiger partial charge in [-0.05, 0) is 68.2 Å². The Labute approximate surface area is 164 Å². The lowest BCUT2D eigenvalue weighted by atomic mass is 9.84. The van der Waals surface area contributed by atoms with Crippen LogP contribution in [-0.2, 0) is 22.4 Å². The third kappa shape index (κ3) is 3.37. The van der Waals surface area contributed by atoms with Crippen LogP contribution in [-0.4, -0.2) is 22.2 Å². The quantitative estimate of drug-likeness (QED) is 0.768. The maximum Gasteiger partial charge on any atom is 0.332 e. The van der Waals surface area contributed by atoms with E-state index in [4.69, 9.17) is 10.00 Å². The van der Waals surface area contributed by atoms with Crippen LogP contribution in [0.2, 0.25) is 0 Å². The number of aryl methyl sites for hydroxylation is 1. The SMILES string of the molecule is COC(=O)[C@H]1CC[C@H](n2ccn(-c3ccc4c(c3)CCC(C#N)C4)c2=O)CC1. The van der Waals surface area contributed by atoms with E-state index in [1.807, 2.05) is 18.5 Å². The number of imidazole rings is 1. The number of carbonyl (C=O) groups is 1. The van der Waals surface area contributed by atoms with Gasteiger partial charge in [0.1, 0.15) is 0 Å². The second-order valence-corrected chi connectivity index (χ2v) is 7.91. The summed E-state index contributed by atoms with van der Waals surface area (Å²) in [4.78, 5) is 24.7. The fourth-order valence-electron chi connectivity index (χ4n) is 4.62. The number of esters is 1. The van der Waals surface area contributed by atoms with Crippen LogP contribution in [0.4, 0.5) is 0 Å². The number of carbonyl (C=O) groups excluding carboxylic acids is 1. The Morgan fingerprint density at radius 2 is 1.93 bits per heavy atom. The van der Waals surface area contributed by atoms with Crippen molar-refractivity contribution in [2.75, 3.05) is 7.11 Å². The van der Waals surface area contributed by atoms with Crippen molar-refractivity contribution in [3.05, 3.63) is 52.2 Å². The molecule has 0 spiro atoms. The molecule has 1 unspecified atom stereocenters. The van der Waals surface area contributed by atoms with E-state index >= 15 is 0 Å². The molecule has 6 nitrogen and oxygen atoms in total. The molecule has 28 heavy (non-hydrogen) atoms. The molecule has 2 aliphatic carbocycles. The molecule has 0 N–H and O–H groups in total. The summed E-state index contributed by atoms with van der Waals surface area (Å²) in [5.41, 5.74) is 3.30. The van der Waals surface area contributed by atoms with Gasteiger partial charge in [-0.2, -0.15) is 5.26 Å². The highest BCUT2D eigenvalue weighted by Crippen LogP contribution is 2.32. The minimum Gasteiger partial charge on any atom is -0.469 e. The first kappa shape index (κ1) is 18.5. The molecule has 1 aromatic carbocycles. The summed E-state index contributed by atoms with van der Waals surface area (Å²) in [6.07, 6.45) is 9.38. The lowest BCUT2D eigenvalue weighted by Gasteiger charge is -2.27. The zero-order valence-corrected chi connectivity index (χ0v) is 16.1. The third-order valence-corrected chi connectivity index (χ3v) is 6.31. The molecule has 0 saturated heterocycles. The molecule has 2 aromatic rings. The molecular formula is C22H25N3O3. The number of benzene rings is 1. The van der Waals surface area contributed by atoms with Crippen LogP contribution < -0.4 is 5.69 Å². The van der Waals surface area contributed by atoms with Crippen molar-refractivity contribution < 1.29 is 9.53 Å². The molecule has 1 heterocycles. The smallest absolute Gasteiger partial charge is 0.332 e. The largest absolute Gasteiger partial charge is 0.469 e. The monoisotopic (exact) mass is 379 g/mol. The molecule has 6 heteroatoms. The third-order valence-electron chi connectivity index (χ3n) is 6.31. The molecule has 4 rings (SSSR count). The summed E-state index contributed by atoms with van der Waals surface area (Å²) < 4.78 is 8.35. The van der Waals surface area contributed by atoms with Crippen LogP contribution >= 0.6 is 0 Å². The summed E-state index contributed by atoms with van der Waals surface area (Å²) in [5, 5.41) is 9.15. The molecule has 0 radical (unpaired) electrons. The number of aromatic nitrogens is 2. The van der Waals surface area contributed by atoms with Gasteiger partial charge in [0.25, 0.3) is 0 Å². The van der Waals surface area contributed by atoms with Crippen molar-refractivity contribution in [2.24, 2.45) is 11.8 Å². The van der Waals surface area contributed by atoms with Crippen LogP contribution in [0.1, 0.15) is 49.3 Å². The summed E-state index contributed by atoms with van der Waals surface area (Å²) >= 11 is 0. The number of nitrogens with zero attached hydrogens (tertiary/aromatic N) is 3. The summed E-state index contributed by atoms with van der Waals surface area (Å²) in [6, 6.07) is 8.61. The van der Waals surface area contributed by atoms with E-state index in [-0.39, 0.29) is 29.5 Å². The van der Waals surface area contributed by atoms with Gasteiger partial charge in [0.2, 0.25) is 0 Å². The first-order valence-electron chi connectivity index (χ1n) is 9.99. The fourth-order valence-corrected chi connectivity index (χ4v) is 4.62. The Morgan fingerprint density at radius 3 is 2.64 bits per heavy atom. The fraction of sp³-hybridized carbons (Fsp3) is 0.500. The number of fused-ring (bicyclic) bond motifs is 1. The van der Waals surface area contributed by atoms with Crippen molar-refractivity contribution >= 4 is 5.97 Å². The second-order valence-electron chi connectivity index (χ2n) is 7.91. The van der Waals surface area contributed by atoms with Gasteiger partial charge in [-0.3, -0.25) is 13.9 Å². The molecule has 2 aliphatic rings. The molecular weight excluding hydrogens is 354 g/mol. The summed E-state index contributed by atoms with van der Waals surface area (Å²) in [7, 11) is 1.43. The van der Waals surface area contributed by atoms with Crippen LogP contribution in [0.5, 0.6) is 0 Å². The molecule has 1 fully saturated rings. The lowest BCUT2D eigenvalue weighted by molar-refractivity contribution is -0.146. The van der Waals surface area contributed by atoms with E-state index in [2.05, 4.69) is 18.2 Å². The van der Waals surface area contributed by atoms with Gasteiger partial charge < -0.3 is 4.74 Å². The zero-order chi connectivity index (χ0) is 19.7. The Hall–Kier alpha value is -2.81. The Balaban J connectivity index is 1.53. The Morgan fingerprint density at radius 1 is 1.14 bits per heavy atom. The van der Waals surface area contributed by atoms with Gasteiger partial charge in [-0.15, -0.1) is 0 Å². The Kier molecular flexibility index (Phi) is 5.08. The van der Waals surface area contributed by atoms with Crippen molar-refractivity contribution in [1.82, 2.24) is 9.13 Å². The van der Waals surface area contributed by atoms with Gasteiger partial charge >= 0.3 is 11.7 Å². The molecule has 1 aromatic heterocycles. The average Bonchev–Trinajstić information content (AvgIpc) is 3.13. The average molecular weight is 379 g/mol. The lowest BCUT2D eigenvalue weighted by Crippen LogP contribution is -2.30. The number of methoxy groups -OCH3 is 1. The molecule has 0 bridgehead atoms. The minimum absolute atomic E-state index is 0.0350. The van der Waals surface area contributed by atoms with Gasteiger partial charge in [-0.25, -0.2) is 4.79 Å². The van der Waals surface area contributed by atoms with Crippen LogP contribution in [0.25, 0.3) is 5.69 Å². The minimum atomic E-state index is -0.143. The first-order valence-corrected chi connectivity index (χ1v) is 9.99. The topological polar surface area (TPSA) is 77.0 Å². The van der Waals surface area contributed by atoms with E-state index in [1.165, 1.54) is 18.2 Å². The standard InChI is InChI=1S/C22H25N3O3/c1-28-21(26)16-4-7-19(8-5-16)24-10-11-25(22(24)27)20-9-6-17-12-15(14-23)2-3-18(17)13-20/h6,9-11,13,15-16,19H,2-5,7-8,12H2,1H3/t15?,16-,19-. The van der Waals surface area contributed by atoms with Gasteiger partial charge in [0.15, 0.2) is 0 Å². The van der Waals surface area contributed by atoms with E-state index in [1.54, 1.807) is 9.13 Å². The van der Waals surface area contributed by atoms with E-state index in [0.717, 1.165) is 50.6 Å². The summed E-state index contributed by atoms with van der Waals surface area (Å²) in [6.45, 7) is 0. The van der Waals surface area contributed by atoms with E-state index in [9.17, 15) is 9.59 Å². The van der Waals surface area contributed by atoms with Crippen molar-refractivity contribution in [1.29, 1.82) is 5.26 Å².